The normalized spacial score (nSPS) is 12.9. The highest BCUT2D eigenvalue weighted by molar-refractivity contribution is 8.00. The monoisotopic (exact) mass is 826 g/mol. The van der Waals surface area contributed by atoms with E-state index in [1.165, 1.54) is 36.1 Å². The van der Waals surface area contributed by atoms with Gasteiger partial charge in [-0.1, -0.05) is 89.9 Å². The van der Waals surface area contributed by atoms with Crippen LogP contribution in [0.3, 0.4) is 0 Å². The second-order valence-corrected chi connectivity index (χ2v) is 15.6. The zero-order valence-electron chi connectivity index (χ0n) is 30.3. The van der Waals surface area contributed by atoms with Crippen molar-refractivity contribution in [3.63, 3.8) is 0 Å². The molecule has 2 heterocycles. The third-order valence-corrected chi connectivity index (χ3v) is 11.9. The number of carbonyl (C=O) groups excluding carboxylic acids is 5. The zero-order valence-corrected chi connectivity index (χ0v) is 33.4. The predicted molar refractivity (Wildman–Crippen MR) is 222 cm³/mol. The summed E-state index contributed by atoms with van der Waals surface area (Å²) in [5, 5.41) is 8.65. The van der Waals surface area contributed by atoms with E-state index in [0.717, 1.165) is 10.4 Å². The van der Waals surface area contributed by atoms with Gasteiger partial charge in [-0.05, 0) is 72.5 Å². The highest BCUT2D eigenvalue weighted by Gasteiger charge is 2.32. The summed E-state index contributed by atoms with van der Waals surface area (Å²) in [7, 11) is 0. The Hall–Kier alpha value is -5.40. The average Bonchev–Trinajstić information content (AvgIpc) is 3.56. The van der Waals surface area contributed by atoms with Crippen LogP contribution in [-0.2, 0) is 32.1 Å². The number of nitrogens with zero attached hydrogens (tertiary/aromatic N) is 1. The molecule has 4 aromatic carbocycles. The molecule has 4 amide bonds. The molecule has 0 spiro atoms. The van der Waals surface area contributed by atoms with E-state index < -0.39 is 23.0 Å². The molecule has 0 radical (unpaired) electrons. The lowest BCUT2D eigenvalue weighted by molar-refractivity contribution is -0.129. The van der Waals surface area contributed by atoms with Crippen LogP contribution in [-0.4, -0.2) is 47.6 Å². The minimum Gasteiger partial charge on any atom is -0.462 e. The standard InChI is InChI=1S/C42H36Cl2N4O6S2/c1-3-54-42(53)35-31-20-21-48(25(2)49)24-34(31)56-41(35)47-40(52)37(26-12-6-4-7-13-26)55-30-18-11-17-29(23-30)45-39(51)33(22-28-16-10-19-32(43)36(28)44)46-38(50)27-14-8-5-9-15-27/h4-19,22-23,37H,3,20-21,24H2,1-2H3,(H,45,51)(H,46,50)(H,47,52)/b33-22+. The van der Waals surface area contributed by atoms with Gasteiger partial charge in [-0.25, -0.2) is 4.79 Å². The number of rotatable bonds is 12. The Morgan fingerprint density at radius 2 is 1.62 bits per heavy atom. The Labute approximate surface area is 342 Å². The highest BCUT2D eigenvalue weighted by Crippen LogP contribution is 2.41. The minimum atomic E-state index is -0.782. The molecule has 14 heteroatoms. The van der Waals surface area contributed by atoms with Gasteiger partial charge in [0.15, 0.2) is 0 Å². The molecule has 3 N–H and O–H groups in total. The van der Waals surface area contributed by atoms with E-state index in [9.17, 15) is 24.0 Å². The van der Waals surface area contributed by atoms with Crippen molar-refractivity contribution in [2.75, 3.05) is 23.8 Å². The molecular weight excluding hydrogens is 792 g/mol. The molecule has 0 aliphatic carbocycles. The number of halogens is 2. The SMILES string of the molecule is CCOC(=O)c1c(NC(=O)C(Sc2cccc(NC(=O)/C(=C\c3cccc(Cl)c3Cl)NC(=O)c3ccccc3)c2)c2ccccc2)sc2c1CCN(C(C)=O)C2. The topological polar surface area (TPSA) is 134 Å². The van der Waals surface area contributed by atoms with Crippen LogP contribution in [0.1, 0.15) is 61.4 Å². The van der Waals surface area contributed by atoms with E-state index in [2.05, 4.69) is 16.0 Å². The van der Waals surface area contributed by atoms with Crippen LogP contribution >= 0.6 is 46.3 Å². The first kappa shape index (κ1) is 40.3. The zero-order chi connectivity index (χ0) is 39.8. The van der Waals surface area contributed by atoms with Crippen molar-refractivity contribution in [2.24, 2.45) is 0 Å². The third kappa shape index (κ3) is 9.69. The summed E-state index contributed by atoms with van der Waals surface area (Å²) in [6.07, 6.45) is 1.91. The van der Waals surface area contributed by atoms with Gasteiger partial charge < -0.3 is 25.6 Å². The van der Waals surface area contributed by atoms with Crippen molar-refractivity contribution >= 4 is 92.7 Å². The number of anilines is 2. The van der Waals surface area contributed by atoms with Gasteiger partial charge in [0.1, 0.15) is 15.9 Å². The number of hydrogen-bond donors (Lipinski definition) is 3. The summed E-state index contributed by atoms with van der Waals surface area (Å²) in [4.78, 5) is 69.8. The van der Waals surface area contributed by atoms with Gasteiger partial charge in [0.05, 0.1) is 28.8 Å². The van der Waals surface area contributed by atoms with Crippen molar-refractivity contribution in [1.82, 2.24) is 10.2 Å². The largest absolute Gasteiger partial charge is 0.462 e. The molecule has 1 atom stereocenters. The number of nitrogens with one attached hydrogen (secondary N) is 3. The molecule has 5 aromatic rings. The molecule has 56 heavy (non-hydrogen) atoms. The first-order valence-corrected chi connectivity index (χ1v) is 20.0. The Morgan fingerprint density at radius 3 is 2.34 bits per heavy atom. The minimum absolute atomic E-state index is 0.0685. The van der Waals surface area contributed by atoms with Gasteiger partial charge in [0.25, 0.3) is 11.8 Å². The van der Waals surface area contributed by atoms with E-state index in [0.29, 0.717) is 57.3 Å². The van der Waals surface area contributed by atoms with Crippen molar-refractivity contribution in [1.29, 1.82) is 0 Å². The van der Waals surface area contributed by atoms with Crippen molar-refractivity contribution in [3.8, 4) is 0 Å². The molecule has 1 aliphatic heterocycles. The smallest absolute Gasteiger partial charge is 0.341 e. The summed E-state index contributed by atoms with van der Waals surface area (Å²) >= 11 is 15.2. The Bertz CT molecular complexity index is 2320. The number of amides is 4. The first-order valence-electron chi connectivity index (χ1n) is 17.6. The van der Waals surface area contributed by atoms with Gasteiger partial charge >= 0.3 is 5.97 Å². The Morgan fingerprint density at radius 1 is 0.911 bits per heavy atom. The number of benzene rings is 4. The average molecular weight is 828 g/mol. The van der Waals surface area contributed by atoms with Crippen molar-refractivity contribution in [2.45, 2.75) is 37.0 Å². The molecule has 0 bridgehead atoms. The van der Waals surface area contributed by atoms with Crippen LogP contribution in [0.15, 0.2) is 114 Å². The lowest BCUT2D eigenvalue weighted by atomic mass is 10.0. The molecule has 0 saturated carbocycles. The maximum Gasteiger partial charge on any atom is 0.341 e. The lowest BCUT2D eigenvalue weighted by Crippen LogP contribution is -2.34. The number of esters is 1. The summed E-state index contributed by atoms with van der Waals surface area (Å²) < 4.78 is 5.40. The molecule has 1 unspecified atom stereocenters. The molecular formula is C42H36Cl2N4O6S2. The Balaban J connectivity index is 1.27. The number of carbonyl (C=O) groups is 5. The van der Waals surface area contributed by atoms with Crippen molar-refractivity contribution < 1.29 is 28.7 Å². The van der Waals surface area contributed by atoms with E-state index in [1.54, 1.807) is 78.6 Å². The summed E-state index contributed by atoms with van der Waals surface area (Å²) in [5.41, 5.74) is 2.89. The number of thiophene rings is 1. The number of hydrogen-bond acceptors (Lipinski definition) is 8. The second kappa shape index (κ2) is 18.5. The maximum absolute atomic E-state index is 14.3. The van der Waals surface area contributed by atoms with E-state index in [1.807, 2.05) is 36.4 Å². The lowest BCUT2D eigenvalue weighted by Gasteiger charge is -2.25. The van der Waals surface area contributed by atoms with Gasteiger partial charge in [-0.3, -0.25) is 19.2 Å². The molecule has 1 aliphatic rings. The summed E-state index contributed by atoms with van der Waals surface area (Å²) in [6.45, 7) is 4.19. The fourth-order valence-electron chi connectivity index (χ4n) is 5.97. The van der Waals surface area contributed by atoms with Gasteiger partial charge in [-0.2, -0.15) is 0 Å². The third-order valence-electron chi connectivity index (χ3n) is 8.71. The molecule has 286 valence electrons. The fourth-order valence-corrected chi connectivity index (χ4v) is 8.67. The number of ether oxygens (including phenoxy) is 1. The van der Waals surface area contributed by atoms with Crippen LogP contribution in [0.2, 0.25) is 10.0 Å². The van der Waals surface area contributed by atoms with E-state index in [4.69, 9.17) is 27.9 Å². The highest BCUT2D eigenvalue weighted by atomic mass is 35.5. The second-order valence-electron chi connectivity index (χ2n) is 12.5. The fraction of sp³-hybridized carbons (Fsp3) is 0.167. The van der Waals surface area contributed by atoms with Crippen LogP contribution in [0.5, 0.6) is 0 Å². The van der Waals surface area contributed by atoms with Gasteiger partial charge in [0, 0.05) is 34.5 Å². The maximum atomic E-state index is 14.3. The summed E-state index contributed by atoms with van der Waals surface area (Å²) in [6, 6.07) is 29.6. The first-order chi connectivity index (χ1) is 27.0. The van der Waals surface area contributed by atoms with Crippen LogP contribution < -0.4 is 16.0 Å². The van der Waals surface area contributed by atoms with Gasteiger partial charge in [0.2, 0.25) is 11.8 Å². The number of fused-ring (bicyclic) bond motifs is 1. The predicted octanol–water partition coefficient (Wildman–Crippen LogP) is 9.02. The number of thioether (sulfide) groups is 1. The Kier molecular flexibility index (Phi) is 13.3. The molecule has 0 saturated heterocycles. The molecule has 1 aromatic heterocycles. The van der Waals surface area contributed by atoms with Crippen LogP contribution in [0.25, 0.3) is 6.08 Å². The van der Waals surface area contributed by atoms with Gasteiger partial charge in [-0.15, -0.1) is 23.1 Å². The molecule has 0 fully saturated rings. The van der Waals surface area contributed by atoms with Crippen LogP contribution in [0.4, 0.5) is 10.7 Å². The quantitative estimate of drug-likeness (QED) is 0.0650. The van der Waals surface area contributed by atoms with Crippen molar-refractivity contribution in [3.05, 3.63) is 152 Å². The van der Waals surface area contributed by atoms with E-state index >= 15 is 0 Å². The summed E-state index contributed by atoms with van der Waals surface area (Å²) in [5.74, 6) is -2.10. The van der Waals surface area contributed by atoms with E-state index in [-0.39, 0.29) is 34.2 Å². The van der Waals surface area contributed by atoms with Crippen LogP contribution in [0, 0.1) is 0 Å². The molecule has 10 nitrogen and oxygen atoms in total. The molecule has 6 rings (SSSR count).